The molecule has 0 atom stereocenters. The molecule has 0 spiro atoms. The predicted molar refractivity (Wildman–Crippen MR) is 69.0 cm³/mol. The average Bonchev–Trinajstić information content (AvgIpc) is 2.82. The van der Waals surface area contributed by atoms with Gasteiger partial charge in [0.05, 0.1) is 5.69 Å². The minimum absolute atomic E-state index is 0.180. The van der Waals surface area contributed by atoms with Crippen LogP contribution in [0, 0.1) is 5.82 Å². The van der Waals surface area contributed by atoms with Crippen molar-refractivity contribution >= 4 is 0 Å². The van der Waals surface area contributed by atoms with Gasteiger partial charge in [-0.1, -0.05) is 12.1 Å². The SMILES string of the molecule is O=c1[nH]nc(C2CCNCC2)n1-c1ccccc1F. The smallest absolute Gasteiger partial charge is 0.317 e. The van der Waals surface area contributed by atoms with E-state index in [0.717, 1.165) is 25.9 Å². The van der Waals surface area contributed by atoms with E-state index in [9.17, 15) is 9.18 Å². The second-order valence-corrected chi connectivity index (χ2v) is 4.70. The molecular formula is C13H15FN4O. The van der Waals surface area contributed by atoms with Crippen LogP contribution in [-0.2, 0) is 0 Å². The second kappa shape index (κ2) is 4.97. The van der Waals surface area contributed by atoms with Crippen LogP contribution in [0.5, 0.6) is 0 Å². The average molecular weight is 262 g/mol. The van der Waals surface area contributed by atoms with Crippen LogP contribution in [0.15, 0.2) is 29.1 Å². The summed E-state index contributed by atoms with van der Waals surface area (Å²) >= 11 is 0. The molecule has 1 aliphatic rings. The van der Waals surface area contributed by atoms with Gasteiger partial charge in [-0.2, -0.15) is 5.10 Å². The fourth-order valence-corrected chi connectivity index (χ4v) is 2.53. The summed E-state index contributed by atoms with van der Waals surface area (Å²) in [5, 5.41) is 9.78. The van der Waals surface area contributed by atoms with Gasteiger partial charge in [0.15, 0.2) is 0 Å². The summed E-state index contributed by atoms with van der Waals surface area (Å²) in [5.41, 5.74) is -0.131. The lowest BCUT2D eigenvalue weighted by Crippen LogP contribution is -2.29. The first-order valence-corrected chi connectivity index (χ1v) is 6.40. The zero-order valence-electron chi connectivity index (χ0n) is 10.4. The number of nitrogens with one attached hydrogen (secondary N) is 2. The number of piperidine rings is 1. The number of hydrogen-bond acceptors (Lipinski definition) is 3. The van der Waals surface area contributed by atoms with Crippen molar-refractivity contribution in [3.63, 3.8) is 0 Å². The molecule has 100 valence electrons. The molecule has 0 aliphatic carbocycles. The van der Waals surface area contributed by atoms with Crippen molar-refractivity contribution in [3.05, 3.63) is 46.4 Å². The molecule has 1 aromatic carbocycles. The van der Waals surface area contributed by atoms with Gasteiger partial charge in [-0.15, -0.1) is 0 Å². The minimum Gasteiger partial charge on any atom is -0.317 e. The Balaban J connectivity index is 2.08. The maximum Gasteiger partial charge on any atom is 0.348 e. The molecule has 6 heteroatoms. The largest absolute Gasteiger partial charge is 0.348 e. The molecule has 1 aromatic heterocycles. The lowest BCUT2D eigenvalue weighted by molar-refractivity contribution is 0.439. The van der Waals surface area contributed by atoms with E-state index in [1.165, 1.54) is 10.6 Å². The summed E-state index contributed by atoms with van der Waals surface area (Å²) in [6.07, 6.45) is 1.80. The molecule has 5 nitrogen and oxygen atoms in total. The Kier molecular flexibility index (Phi) is 3.16. The first-order chi connectivity index (χ1) is 9.27. The number of aromatic nitrogens is 3. The number of rotatable bonds is 2. The van der Waals surface area contributed by atoms with Crippen molar-refractivity contribution in [3.8, 4) is 5.69 Å². The van der Waals surface area contributed by atoms with Gasteiger partial charge in [0.1, 0.15) is 11.6 Å². The van der Waals surface area contributed by atoms with E-state index in [1.54, 1.807) is 18.2 Å². The van der Waals surface area contributed by atoms with Crippen LogP contribution in [0.25, 0.3) is 5.69 Å². The van der Waals surface area contributed by atoms with Gasteiger partial charge in [-0.25, -0.2) is 18.9 Å². The molecule has 1 aliphatic heterocycles. The van der Waals surface area contributed by atoms with Gasteiger partial charge in [0.2, 0.25) is 0 Å². The third-order valence-electron chi connectivity index (χ3n) is 3.50. The van der Waals surface area contributed by atoms with Crippen molar-refractivity contribution in [2.24, 2.45) is 0 Å². The molecule has 1 saturated heterocycles. The highest BCUT2D eigenvalue weighted by atomic mass is 19.1. The number of hydrogen-bond donors (Lipinski definition) is 2. The summed E-state index contributed by atoms with van der Waals surface area (Å²) in [5.74, 6) is 0.387. The van der Waals surface area contributed by atoms with Crippen LogP contribution in [0.2, 0.25) is 0 Å². The number of halogens is 1. The molecule has 0 unspecified atom stereocenters. The summed E-state index contributed by atoms with van der Waals surface area (Å²) in [4.78, 5) is 11.9. The third-order valence-corrected chi connectivity index (χ3v) is 3.50. The fourth-order valence-electron chi connectivity index (χ4n) is 2.53. The lowest BCUT2D eigenvalue weighted by atomic mass is 9.97. The standard InChI is InChI=1S/C13H15FN4O/c14-10-3-1-2-4-11(10)18-12(16-17-13(18)19)9-5-7-15-8-6-9/h1-4,9,15H,5-8H2,(H,17,19). The van der Waals surface area contributed by atoms with Crippen molar-refractivity contribution < 1.29 is 4.39 Å². The molecule has 2 aromatic rings. The normalized spacial score (nSPS) is 16.7. The third kappa shape index (κ3) is 2.19. The molecule has 2 N–H and O–H groups in total. The molecule has 0 amide bonds. The molecule has 2 heterocycles. The Bertz CT molecular complexity index is 628. The fraction of sp³-hybridized carbons (Fsp3) is 0.385. The molecule has 3 rings (SSSR count). The predicted octanol–water partition coefficient (Wildman–Crippen LogP) is 1.17. The summed E-state index contributed by atoms with van der Waals surface area (Å²) < 4.78 is 15.2. The van der Waals surface area contributed by atoms with E-state index in [0.29, 0.717) is 5.82 Å². The Labute approximate surface area is 109 Å². The summed E-state index contributed by atoms with van der Waals surface area (Å²) in [6.45, 7) is 1.78. The number of benzene rings is 1. The van der Waals surface area contributed by atoms with Crippen LogP contribution < -0.4 is 11.0 Å². The van der Waals surface area contributed by atoms with E-state index in [1.807, 2.05) is 0 Å². The summed E-state index contributed by atoms with van der Waals surface area (Å²) in [7, 11) is 0. The van der Waals surface area contributed by atoms with Crippen molar-refractivity contribution in [2.75, 3.05) is 13.1 Å². The van der Waals surface area contributed by atoms with E-state index in [4.69, 9.17) is 0 Å². The zero-order valence-corrected chi connectivity index (χ0v) is 10.4. The summed E-state index contributed by atoms with van der Waals surface area (Å²) in [6, 6.07) is 6.26. The van der Waals surface area contributed by atoms with E-state index in [-0.39, 0.29) is 11.6 Å². The first kappa shape index (κ1) is 12.1. The van der Waals surface area contributed by atoms with Crippen LogP contribution in [0.3, 0.4) is 0 Å². The van der Waals surface area contributed by atoms with Gasteiger partial charge in [0, 0.05) is 5.92 Å². The molecule has 1 fully saturated rings. The Morgan fingerprint density at radius 2 is 2.00 bits per heavy atom. The molecule has 0 bridgehead atoms. The second-order valence-electron chi connectivity index (χ2n) is 4.70. The number of aromatic amines is 1. The van der Waals surface area contributed by atoms with Gasteiger partial charge >= 0.3 is 5.69 Å². The van der Waals surface area contributed by atoms with Crippen LogP contribution >= 0.6 is 0 Å². The van der Waals surface area contributed by atoms with Gasteiger partial charge in [-0.05, 0) is 38.1 Å². The highest BCUT2D eigenvalue weighted by Crippen LogP contribution is 2.24. The molecule has 19 heavy (non-hydrogen) atoms. The highest BCUT2D eigenvalue weighted by molar-refractivity contribution is 5.34. The van der Waals surface area contributed by atoms with Gasteiger partial charge < -0.3 is 5.32 Å². The van der Waals surface area contributed by atoms with Gasteiger partial charge in [-0.3, -0.25) is 0 Å². The van der Waals surface area contributed by atoms with Crippen LogP contribution in [0.1, 0.15) is 24.6 Å². The number of para-hydroxylation sites is 1. The minimum atomic E-state index is -0.416. The Morgan fingerprint density at radius 1 is 1.26 bits per heavy atom. The number of nitrogens with zero attached hydrogens (tertiary/aromatic N) is 2. The Hall–Kier alpha value is -1.95. The maximum atomic E-state index is 13.9. The molecule has 0 radical (unpaired) electrons. The molecule has 0 saturated carbocycles. The Morgan fingerprint density at radius 3 is 2.74 bits per heavy atom. The van der Waals surface area contributed by atoms with E-state index in [2.05, 4.69) is 15.5 Å². The van der Waals surface area contributed by atoms with Crippen molar-refractivity contribution in [1.82, 2.24) is 20.1 Å². The van der Waals surface area contributed by atoms with Crippen molar-refractivity contribution in [2.45, 2.75) is 18.8 Å². The lowest BCUT2D eigenvalue weighted by Gasteiger charge is -2.22. The monoisotopic (exact) mass is 262 g/mol. The number of H-pyrrole nitrogens is 1. The van der Waals surface area contributed by atoms with Crippen LogP contribution in [0.4, 0.5) is 4.39 Å². The highest BCUT2D eigenvalue weighted by Gasteiger charge is 2.23. The van der Waals surface area contributed by atoms with E-state index >= 15 is 0 Å². The van der Waals surface area contributed by atoms with Gasteiger partial charge in [0.25, 0.3) is 0 Å². The zero-order chi connectivity index (χ0) is 13.2. The first-order valence-electron chi connectivity index (χ1n) is 6.40. The topological polar surface area (TPSA) is 62.7 Å². The van der Waals surface area contributed by atoms with Crippen molar-refractivity contribution in [1.29, 1.82) is 0 Å². The van der Waals surface area contributed by atoms with Crippen LogP contribution in [-0.4, -0.2) is 27.9 Å². The molecular weight excluding hydrogens is 247 g/mol. The maximum absolute atomic E-state index is 13.9. The van der Waals surface area contributed by atoms with E-state index < -0.39 is 11.5 Å². The quantitative estimate of drug-likeness (QED) is 0.854.